The average Bonchev–Trinajstić information content (AvgIpc) is 3.22. The van der Waals surface area contributed by atoms with E-state index in [-0.39, 0.29) is 18.6 Å². The summed E-state index contributed by atoms with van der Waals surface area (Å²) >= 11 is 0. The number of likely N-dealkylation sites (N-methyl/N-ethyl adjacent to an activating group) is 1. The van der Waals surface area contributed by atoms with E-state index in [9.17, 15) is 4.79 Å². The van der Waals surface area contributed by atoms with Gasteiger partial charge in [0.2, 0.25) is 5.91 Å². The number of carbonyl (C=O) groups is 1. The van der Waals surface area contributed by atoms with Gasteiger partial charge in [-0.2, -0.15) is 0 Å². The van der Waals surface area contributed by atoms with E-state index in [2.05, 4.69) is 15.6 Å². The molecule has 1 unspecified atom stereocenters. The normalized spacial score (nSPS) is 18.0. The van der Waals surface area contributed by atoms with Crippen LogP contribution in [0.4, 0.5) is 0 Å². The Morgan fingerprint density at radius 3 is 2.96 bits per heavy atom. The monoisotopic (exact) mass is 322 g/mol. The summed E-state index contributed by atoms with van der Waals surface area (Å²) in [5.41, 5.74) is 0. The second-order valence-corrected chi connectivity index (χ2v) is 5.73. The Kier molecular flexibility index (Phi) is 6.93. The standard InChI is InChI=1S/C16H26N4O3/c1-20(2)15(21)12-19-16(18-11-14-6-4-10-23-14)17-8-7-13-5-3-9-22-13/h3,5,9,14H,4,6-8,10-12H2,1-2H3,(H2,17,18,19). The zero-order chi connectivity index (χ0) is 16.5. The first kappa shape index (κ1) is 17.3. The Balaban J connectivity index is 1.81. The lowest BCUT2D eigenvalue weighted by Gasteiger charge is -2.16. The second kappa shape index (κ2) is 9.19. The van der Waals surface area contributed by atoms with E-state index in [1.807, 2.05) is 12.1 Å². The van der Waals surface area contributed by atoms with Crippen molar-refractivity contribution in [3.63, 3.8) is 0 Å². The quantitative estimate of drug-likeness (QED) is 0.568. The number of aliphatic imine (C=N–C) groups is 1. The van der Waals surface area contributed by atoms with E-state index in [0.717, 1.165) is 31.6 Å². The summed E-state index contributed by atoms with van der Waals surface area (Å²) in [7, 11) is 3.45. The Morgan fingerprint density at radius 1 is 1.43 bits per heavy atom. The molecule has 0 aliphatic carbocycles. The summed E-state index contributed by atoms with van der Waals surface area (Å²) in [6, 6.07) is 3.81. The van der Waals surface area contributed by atoms with Crippen molar-refractivity contribution in [2.24, 2.45) is 4.99 Å². The number of hydrogen-bond acceptors (Lipinski definition) is 4. The first-order chi connectivity index (χ1) is 11.1. The van der Waals surface area contributed by atoms with Crippen LogP contribution in [0.2, 0.25) is 0 Å². The lowest BCUT2D eigenvalue weighted by atomic mass is 10.2. The highest BCUT2D eigenvalue weighted by Gasteiger charge is 2.15. The van der Waals surface area contributed by atoms with E-state index in [1.54, 1.807) is 20.4 Å². The lowest BCUT2D eigenvalue weighted by Crippen LogP contribution is -2.42. The van der Waals surface area contributed by atoms with Crippen molar-refractivity contribution < 1.29 is 13.9 Å². The van der Waals surface area contributed by atoms with Crippen LogP contribution in [0.15, 0.2) is 27.8 Å². The summed E-state index contributed by atoms with van der Waals surface area (Å²) in [6.45, 7) is 2.32. The summed E-state index contributed by atoms with van der Waals surface area (Å²) in [5.74, 6) is 1.51. The van der Waals surface area contributed by atoms with Crippen molar-refractivity contribution in [3.05, 3.63) is 24.2 Å². The van der Waals surface area contributed by atoms with Crippen molar-refractivity contribution in [1.29, 1.82) is 0 Å². The lowest BCUT2D eigenvalue weighted by molar-refractivity contribution is -0.127. The smallest absolute Gasteiger partial charge is 0.243 e. The second-order valence-electron chi connectivity index (χ2n) is 5.73. The van der Waals surface area contributed by atoms with Crippen LogP contribution in [-0.2, 0) is 16.0 Å². The zero-order valence-electron chi connectivity index (χ0n) is 13.9. The highest BCUT2D eigenvalue weighted by Crippen LogP contribution is 2.10. The maximum absolute atomic E-state index is 11.7. The molecular formula is C16H26N4O3. The molecule has 0 radical (unpaired) electrons. The molecule has 0 aromatic carbocycles. The number of rotatable bonds is 7. The molecule has 0 spiro atoms. The molecule has 7 heteroatoms. The predicted octanol–water partition coefficient (Wildman–Crippen LogP) is 0.625. The van der Waals surface area contributed by atoms with Crippen LogP contribution in [0.1, 0.15) is 18.6 Å². The first-order valence-corrected chi connectivity index (χ1v) is 8.01. The minimum Gasteiger partial charge on any atom is -0.469 e. The van der Waals surface area contributed by atoms with Crippen molar-refractivity contribution in [2.75, 3.05) is 40.3 Å². The van der Waals surface area contributed by atoms with E-state index >= 15 is 0 Å². The molecule has 0 saturated carbocycles. The SMILES string of the molecule is CN(C)C(=O)CN=C(NCCc1ccco1)NCC1CCCO1. The molecule has 1 atom stereocenters. The molecule has 1 saturated heterocycles. The summed E-state index contributed by atoms with van der Waals surface area (Å²) in [4.78, 5) is 17.6. The number of furan rings is 1. The third kappa shape index (κ3) is 6.32. The zero-order valence-corrected chi connectivity index (χ0v) is 13.9. The number of ether oxygens (including phenoxy) is 1. The maximum Gasteiger partial charge on any atom is 0.243 e. The topological polar surface area (TPSA) is 79.1 Å². The van der Waals surface area contributed by atoms with Crippen molar-refractivity contribution in [2.45, 2.75) is 25.4 Å². The number of hydrogen-bond donors (Lipinski definition) is 2. The van der Waals surface area contributed by atoms with E-state index < -0.39 is 0 Å². The molecule has 1 aliphatic rings. The van der Waals surface area contributed by atoms with Crippen LogP contribution >= 0.6 is 0 Å². The van der Waals surface area contributed by atoms with Crippen LogP contribution < -0.4 is 10.6 Å². The minimum atomic E-state index is -0.0331. The molecule has 128 valence electrons. The van der Waals surface area contributed by atoms with Gasteiger partial charge in [0.25, 0.3) is 0 Å². The van der Waals surface area contributed by atoms with Gasteiger partial charge in [0.1, 0.15) is 12.3 Å². The van der Waals surface area contributed by atoms with E-state index in [4.69, 9.17) is 9.15 Å². The number of amides is 1. The number of carbonyl (C=O) groups excluding carboxylic acids is 1. The molecule has 1 aromatic rings. The Hall–Kier alpha value is -2.02. The Morgan fingerprint density at radius 2 is 2.30 bits per heavy atom. The minimum absolute atomic E-state index is 0.0331. The summed E-state index contributed by atoms with van der Waals surface area (Å²) < 4.78 is 10.9. The van der Waals surface area contributed by atoms with Crippen LogP contribution in [0.5, 0.6) is 0 Å². The fourth-order valence-electron chi connectivity index (χ4n) is 2.24. The van der Waals surface area contributed by atoms with Gasteiger partial charge in [0.15, 0.2) is 5.96 Å². The fourth-order valence-corrected chi connectivity index (χ4v) is 2.24. The Labute approximate surface area is 137 Å². The third-order valence-corrected chi connectivity index (χ3v) is 3.64. The van der Waals surface area contributed by atoms with Crippen LogP contribution in [0.25, 0.3) is 0 Å². The third-order valence-electron chi connectivity index (χ3n) is 3.64. The molecule has 2 heterocycles. The van der Waals surface area contributed by atoms with Gasteiger partial charge >= 0.3 is 0 Å². The molecule has 2 rings (SSSR count). The van der Waals surface area contributed by atoms with Crippen molar-refractivity contribution >= 4 is 11.9 Å². The molecule has 7 nitrogen and oxygen atoms in total. The average molecular weight is 322 g/mol. The van der Waals surface area contributed by atoms with Gasteiger partial charge in [-0.1, -0.05) is 0 Å². The predicted molar refractivity (Wildman–Crippen MR) is 88.4 cm³/mol. The molecule has 2 N–H and O–H groups in total. The number of nitrogens with zero attached hydrogens (tertiary/aromatic N) is 2. The van der Waals surface area contributed by atoms with Crippen LogP contribution in [-0.4, -0.2) is 63.2 Å². The molecule has 1 aromatic heterocycles. The van der Waals surface area contributed by atoms with Gasteiger partial charge in [-0.25, -0.2) is 4.99 Å². The molecule has 1 amide bonds. The fraction of sp³-hybridized carbons (Fsp3) is 0.625. The van der Waals surface area contributed by atoms with Crippen molar-refractivity contribution in [3.8, 4) is 0 Å². The largest absolute Gasteiger partial charge is 0.469 e. The first-order valence-electron chi connectivity index (χ1n) is 8.01. The molecule has 23 heavy (non-hydrogen) atoms. The van der Waals surface area contributed by atoms with Gasteiger partial charge in [-0.15, -0.1) is 0 Å². The summed E-state index contributed by atoms with van der Waals surface area (Å²) in [5, 5.41) is 6.48. The molecular weight excluding hydrogens is 296 g/mol. The highest BCUT2D eigenvalue weighted by molar-refractivity contribution is 5.84. The summed E-state index contributed by atoms with van der Waals surface area (Å²) in [6.07, 6.45) is 4.80. The van der Waals surface area contributed by atoms with Gasteiger partial charge in [0, 0.05) is 40.2 Å². The van der Waals surface area contributed by atoms with Gasteiger partial charge in [-0.3, -0.25) is 4.79 Å². The van der Waals surface area contributed by atoms with Gasteiger partial charge in [-0.05, 0) is 25.0 Å². The number of guanidine groups is 1. The van der Waals surface area contributed by atoms with Crippen LogP contribution in [0.3, 0.4) is 0 Å². The van der Waals surface area contributed by atoms with Crippen LogP contribution in [0, 0.1) is 0 Å². The molecule has 0 bridgehead atoms. The number of nitrogens with one attached hydrogen (secondary N) is 2. The van der Waals surface area contributed by atoms with Crippen molar-refractivity contribution in [1.82, 2.24) is 15.5 Å². The molecule has 1 fully saturated rings. The van der Waals surface area contributed by atoms with E-state index in [0.29, 0.717) is 19.0 Å². The molecule has 1 aliphatic heterocycles. The van der Waals surface area contributed by atoms with Gasteiger partial charge < -0.3 is 24.7 Å². The highest BCUT2D eigenvalue weighted by atomic mass is 16.5. The van der Waals surface area contributed by atoms with E-state index in [1.165, 1.54) is 4.90 Å². The Bertz CT molecular complexity index is 493. The van der Waals surface area contributed by atoms with Gasteiger partial charge in [0.05, 0.1) is 12.4 Å². The maximum atomic E-state index is 11.7.